The van der Waals surface area contributed by atoms with Gasteiger partial charge in [0.15, 0.2) is 0 Å². The molecule has 3 saturated carbocycles. The first-order chi connectivity index (χ1) is 12.9. The molecule has 0 spiro atoms. The molecule has 154 valence electrons. The van der Waals surface area contributed by atoms with Crippen LogP contribution in [0, 0.1) is 28.6 Å². The van der Waals surface area contributed by atoms with Crippen LogP contribution in [0.15, 0.2) is 11.6 Å². The fraction of sp³-hybridized carbons (Fsp3) is 0.913. The molecule has 0 saturated heterocycles. The topological polar surface area (TPSA) is 21.7 Å². The molecule has 4 aliphatic carbocycles. The molecule has 0 aliphatic heterocycles. The molecule has 3 nitrogen and oxygen atoms in total. The van der Waals surface area contributed by atoms with E-state index in [1.165, 1.54) is 25.7 Å². The molecule has 7 atom stereocenters. The highest BCUT2D eigenvalue weighted by Crippen LogP contribution is 2.65. The molecule has 0 aromatic heterocycles. The van der Waals surface area contributed by atoms with Gasteiger partial charge in [-0.1, -0.05) is 25.5 Å². The Labute approximate surface area is 164 Å². The van der Waals surface area contributed by atoms with Gasteiger partial charge in [-0.15, -0.1) is 0 Å². The zero-order valence-corrected chi connectivity index (χ0v) is 17.7. The SMILES string of the molecule is CN(C)CCO[C@@H]1C=C2CCC3C(CC[C@@]4(C)C3CC[C@@H]4OF)[C@@]2(C)CC1. The average molecular weight is 380 g/mol. The van der Waals surface area contributed by atoms with Crippen LogP contribution in [0.5, 0.6) is 0 Å². The largest absolute Gasteiger partial charge is 0.373 e. The summed E-state index contributed by atoms with van der Waals surface area (Å²) >= 11 is 0. The van der Waals surface area contributed by atoms with Crippen molar-refractivity contribution in [1.29, 1.82) is 0 Å². The first-order valence-corrected chi connectivity index (χ1v) is 11.1. The number of fused-ring (bicyclic) bond motifs is 5. The molecule has 0 amide bonds. The van der Waals surface area contributed by atoms with Crippen LogP contribution in [0.25, 0.3) is 0 Å². The van der Waals surface area contributed by atoms with E-state index in [2.05, 4.69) is 43.9 Å². The molecule has 27 heavy (non-hydrogen) atoms. The smallest absolute Gasteiger partial charge is 0.104 e. The molecule has 0 heterocycles. The summed E-state index contributed by atoms with van der Waals surface area (Å²) in [7, 11) is 4.19. The Balaban J connectivity index is 1.48. The third-order valence-corrected chi connectivity index (χ3v) is 8.96. The van der Waals surface area contributed by atoms with Crippen LogP contribution in [-0.4, -0.2) is 44.4 Å². The van der Waals surface area contributed by atoms with Crippen LogP contribution in [-0.2, 0) is 9.68 Å². The maximum atomic E-state index is 13.2. The summed E-state index contributed by atoms with van der Waals surface area (Å²) in [5.41, 5.74) is 2.05. The van der Waals surface area contributed by atoms with Crippen molar-refractivity contribution in [2.75, 3.05) is 27.2 Å². The van der Waals surface area contributed by atoms with E-state index in [9.17, 15) is 4.53 Å². The highest BCUT2D eigenvalue weighted by Gasteiger charge is 2.59. The van der Waals surface area contributed by atoms with Gasteiger partial charge in [-0.05, 0) is 93.2 Å². The first-order valence-electron chi connectivity index (χ1n) is 11.1. The minimum atomic E-state index is -0.172. The van der Waals surface area contributed by atoms with Crippen molar-refractivity contribution in [3.8, 4) is 0 Å². The van der Waals surface area contributed by atoms with Gasteiger partial charge in [0.2, 0.25) is 0 Å². The molecule has 0 aromatic carbocycles. The Kier molecular flexibility index (Phi) is 5.46. The van der Waals surface area contributed by atoms with E-state index in [-0.39, 0.29) is 11.5 Å². The predicted octanol–water partition coefficient (Wildman–Crippen LogP) is 5.17. The number of halogens is 1. The van der Waals surface area contributed by atoms with Gasteiger partial charge >= 0.3 is 0 Å². The molecule has 3 fully saturated rings. The number of likely N-dealkylation sites (N-methyl/N-ethyl adjacent to an activating group) is 1. The Morgan fingerprint density at radius 2 is 1.89 bits per heavy atom. The number of nitrogens with zero attached hydrogens (tertiary/aromatic N) is 1. The monoisotopic (exact) mass is 379 g/mol. The predicted molar refractivity (Wildman–Crippen MR) is 106 cm³/mol. The van der Waals surface area contributed by atoms with Gasteiger partial charge in [0, 0.05) is 12.0 Å². The van der Waals surface area contributed by atoms with Crippen LogP contribution >= 0.6 is 0 Å². The van der Waals surface area contributed by atoms with Crippen molar-refractivity contribution in [1.82, 2.24) is 4.90 Å². The van der Waals surface area contributed by atoms with E-state index in [0.717, 1.165) is 50.7 Å². The standard InChI is InChI=1S/C23H38FNO2/c1-22-11-9-17(26-14-13-25(3)4)15-16(22)5-6-18-19-7-8-21(27-24)23(19,2)12-10-20(18)22/h15,17-21H,5-14H2,1-4H3/t17-,18?,19?,20?,21-,22-,23-/m0/s1. The van der Waals surface area contributed by atoms with Gasteiger partial charge in [0.05, 0.1) is 12.7 Å². The van der Waals surface area contributed by atoms with E-state index in [1.807, 2.05) is 0 Å². The highest BCUT2D eigenvalue weighted by atomic mass is 19.3. The molecule has 0 aromatic rings. The third-order valence-electron chi connectivity index (χ3n) is 8.96. The van der Waals surface area contributed by atoms with Gasteiger partial charge < -0.3 is 9.64 Å². The Bertz CT molecular complexity index is 579. The van der Waals surface area contributed by atoms with Gasteiger partial charge in [0.1, 0.15) is 6.10 Å². The maximum absolute atomic E-state index is 13.2. The second-order valence-electron chi connectivity index (χ2n) is 10.5. The summed E-state index contributed by atoms with van der Waals surface area (Å²) in [6.07, 6.45) is 11.9. The Morgan fingerprint density at radius 1 is 1.07 bits per heavy atom. The van der Waals surface area contributed by atoms with Gasteiger partial charge in [-0.2, -0.15) is 4.94 Å². The van der Waals surface area contributed by atoms with Gasteiger partial charge in [0.25, 0.3) is 0 Å². The lowest BCUT2D eigenvalue weighted by atomic mass is 9.47. The summed E-state index contributed by atoms with van der Waals surface area (Å²) in [6, 6.07) is 0. The number of rotatable bonds is 5. The van der Waals surface area contributed by atoms with Crippen molar-refractivity contribution < 1.29 is 14.2 Å². The second-order valence-corrected chi connectivity index (χ2v) is 10.5. The Hall–Kier alpha value is -0.450. The number of hydrogen-bond acceptors (Lipinski definition) is 3. The maximum Gasteiger partial charge on any atom is 0.104 e. The first kappa shape index (κ1) is 19.8. The fourth-order valence-electron chi connectivity index (χ4n) is 7.31. The normalized spacial score (nSPS) is 46.6. The quantitative estimate of drug-likeness (QED) is 0.616. The third kappa shape index (κ3) is 3.30. The molecule has 0 bridgehead atoms. The zero-order chi connectivity index (χ0) is 19.2. The number of ether oxygens (including phenoxy) is 1. The lowest BCUT2D eigenvalue weighted by Crippen LogP contribution is -2.51. The minimum Gasteiger partial charge on any atom is -0.373 e. The van der Waals surface area contributed by atoms with E-state index >= 15 is 0 Å². The van der Waals surface area contributed by atoms with Crippen molar-refractivity contribution in [2.24, 2.45) is 28.6 Å². The van der Waals surface area contributed by atoms with Gasteiger partial charge in [-0.25, -0.2) is 0 Å². The second kappa shape index (κ2) is 7.42. The van der Waals surface area contributed by atoms with Crippen molar-refractivity contribution in [3.05, 3.63) is 11.6 Å². The molecule has 4 aliphatic rings. The van der Waals surface area contributed by atoms with E-state index < -0.39 is 0 Å². The highest BCUT2D eigenvalue weighted by molar-refractivity contribution is 5.25. The summed E-state index contributed by atoms with van der Waals surface area (Å²) in [5.74, 6) is 2.15. The fourth-order valence-corrected chi connectivity index (χ4v) is 7.31. The van der Waals surface area contributed by atoms with Crippen molar-refractivity contribution in [2.45, 2.75) is 77.4 Å². The minimum absolute atomic E-state index is 0.0555. The molecule has 3 unspecified atom stereocenters. The van der Waals surface area contributed by atoms with Gasteiger partial charge in [-0.3, -0.25) is 0 Å². The molecule has 0 N–H and O–H groups in total. The lowest BCUT2D eigenvalue weighted by molar-refractivity contribution is -0.221. The molecular weight excluding hydrogens is 341 g/mol. The van der Waals surface area contributed by atoms with Crippen molar-refractivity contribution >= 4 is 0 Å². The zero-order valence-electron chi connectivity index (χ0n) is 17.7. The van der Waals surface area contributed by atoms with Crippen LogP contribution in [0.4, 0.5) is 4.53 Å². The van der Waals surface area contributed by atoms with Crippen LogP contribution < -0.4 is 0 Å². The van der Waals surface area contributed by atoms with Crippen LogP contribution in [0.2, 0.25) is 0 Å². The molecule has 4 rings (SSSR count). The van der Waals surface area contributed by atoms with E-state index in [0.29, 0.717) is 17.4 Å². The lowest BCUT2D eigenvalue weighted by Gasteiger charge is -2.58. The molecule has 4 heteroatoms. The van der Waals surface area contributed by atoms with E-state index in [1.54, 1.807) is 5.57 Å². The van der Waals surface area contributed by atoms with Crippen LogP contribution in [0.1, 0.15) is 65.2 Å². The summed E-state index contributed by atoms with van der Waals surface area (Å²) in [5, 5.41) is 0. The summed E-state index contributed by atoms with van der Waals surface area (Å²) in [4.78, 5) is 6.61. The van der Waals surface area contributed by atoms with Crippen molar-refractivity contribution in [3.63, 3.8) is 0 Å². The van der Waals surface area contributed by atoms with E-state index in [4.69, 9.17) is 4.74 Å². The Morgan fingerprint density at radius 3 is 2.63 bits per heavy atom. The summed E-state index contributed by atoms with van der Waals surface area (Å²) in [6.45, 7) is 6.62. The van der Waals surface area contributed by atoms with Crippen LogP contribution in [0.3, 0.4) is 0 Å². The number of hydrogen-bond donors (Lipinski definition) is 0. The number of allylic oxidation sites excluding steroid dienone is 1. The average Bonchev–Trinajstić information content (AvgIpc) is 2.98. The molecular formula is C23H38FNO2. The molecule has 0 radical (unpaired) electrons. The summed E-state index contributed by atoms with van der Waals surface area (Å²) < 4.78 is 19.3.